The fourth-order valence-corrected chi connectivity index (χ4v) is 4.58. The number of carbonyl (C=O) groups excluding carboxylic acids is 2. The van der Waals surface area contributed by atoms with Crippen molar-refractivity contribution in [1.29, 1.82) is 0 Å². The van der Waals surface area contributed by atoms with Crippen molar-refractivity contribution in [3.63, 3.8) is 0 Å². The third-order valence-electron chi connectivity index (χ3n) is 5.28. The molecule has 0 fully saturated rings. The van der Waals surface area contributed by atoms with Gasteiger partial charge >= 0.3 is 5.97 Å². The quantitative estimate of drug-likeness (QED) is 0.147. The number of ether oxygens (including phenoxy) is 1. The molecule has 0 N–H and O–H groups in total. The number of carbonyl (C=O) groups is 2. The van der Waals surface area contributed by atoms with Gasteiger partial charge in [-0.15, -0.1) is 11.3 Å². The van der Waals surface area contributed by atoms with Gasteiger partial charge in [-0.2, -0.15) is 0 Å². The minimum absolute atomic E-state index is 0.0304. The number of benzene rings is 2. The predicted octanol–water partition coefficient (Wildman–Crippen LogP) is 6.71. The minimum atomic E-state index is -0.905. The Morgan fingerprint density at radius 2 is 1.73 bits per heavy atom. The van der Waals surface area contributed by atoms with Crippen LogP contribution >= 0.6 is 22.9 Å². The predicted molar refractivity (Wildman–Crippen MR) is 137 cm³/mol. The van der Waals surface area contributed by atoms with Crippen LogP contribution in [-0.4, -0.2) is 26.7 Å². The Hall–Kier alpha value is -3.56. The van der Waals surface area contributed by atoms with E-state index < -0.39 is 28.4 Å². The van der Waals surface area contributed by atoms with Gasteiger partial charge in [0, 0.05) is 18.2 Å². The zero-order chi connectivity index (χ0) is 26.7. The van der Waals surface area contributed by atoms with E-state index in [0.29, 0.717) is 32.4 Å². The molecule has 2 heterocycles. The van der Waals surface area contributed by atoms with Crippen molar-refractivity contribution in [3.05, 3.63) is 87.8 Å². The number of nitrogens with zero attached hydrogens (tertiary/aromatic N) is 3. The summed E-state index contributed by atoms with van der Waals surface area (Å²) in [6, 6.07) is 11.9. The van der Waals surface area contributed by atoms with Crippen LogP contribution in [0, 0.1) is 17.0 Å². The molecular weight excluding hydrogens is 520 g/mol. The minimum Gasteiger partial charge on any atom is -0.458 e. The lowest BCUT2D eigenvalue weighted by Crippen LogP contribution is -2.22. The van der Waals surface area contributed by atoms with Gasteiger partial charge in [-0.25, -0.2) is 23.7 Å². The molecule has 0 amide bonds. The molecular formula is C27H22ClF2N3O3S. The van der Waals surface area contributed by atoms with Crippen LogP contribution in [0.25, 0.3) is 21.8 Å². The number of Topliss-reactive ketones (excluding diaryl/α,β-unsaturated/α-hetero) is 1. The van der Waals surface area contributed by atoms with Crippen LogP contribution in [0.3, 0.4) is 0 Å². The number of aromatic nitrogens is 3. The monoisotopic (exact) mass is 541 g/mol. The van der Waals surface area contributed by atoms with E-state index in [-0.39, 0.29) is 24.3 Å². The van der Waals surface area contributed by atoms with Gasteiger partial charge in [-0.1, -0.05) is 24.3 Å². The van der Waals surface area contributed by atoms with Gasteiger partial charge in [0.15, 0.2) is 5.78 Å². The maximum atomic E-state index is 14.1. The summed E-state index contributed by atoms with van der Waals surface area (Å²) in [5.74, 6) is -2.85. The number of halogens is 3. The highest BCUT2D eigenvalue weighted by Crippen LogP contribution is 2.37. The summed E-state index contributed by atoms with van der Waals surface area (Å²) in [7, 11) is 0. The smallest absolute Gasteiger partial charge is 0.311 e. The molecule has 0 aliphatic heterocycles. The van der Waals surface area contributed by atoms with E-state index in [2.05, 4.69) is 15.0 Å². The molecule has 37 heavy (non-hydrogen) atoms. The molecule has 2 aromatic heterocycles. The zero-order valence-corrected chi connectivity index (χ0v) is 21.8. The topological polar surface area (TPSA) is 82.0 Å². The van der Waals surface area contributed by atoms with Crippen LogP contribution in [-0.2, 0) is 22.6 Å². The number of rotatable bonds is 7. The Labute approximate surface area is 221 Å². The second kappa shape index (κ2) is 10.8. The molecule has 0 radical (unpaired) electrons. The highest BCUT2D eigenvalue weighted by Gasteiger charge is 2.25. The molecule has 10 heteroatoms. The maximum absolute atomic E-state index is 14.1. The van der Waals surface area contributed by atoms with E-state index >= 15 is 0 Å². The van der Waals surface area contributed by atoms with Gasteiger partial charge in [0.2, 0.25) is 5.28 Å². The number of hydrogen-bond donors (Lipinski definition) is 0. The third kappa shape index (κ3) is 6.23. The van der Waals surface area contributed by atoms with Crippen LogP contribution in [0.5, 0.6) is 0 Å². The van der Waals surface area contributed by atoms with Gasteiger partial charge in [-0.3, -0.25) is 9.59 Å². The summed E-state index contributed by atoms with van der Waals surface area (Å²) in [5.41, 5.74) is 1.02. The Morgan fingerprint density at radius 3 is 2.41 bits per heavy atom. The summed E-state index contributed by atoms with van der Waals surface area (Å²) >= 11 is 7.30. The maximum Gasteiger partial charge on any atom is 0.311 e. The largest absolute Gasteiger partial charge is 0.458 e. The lowest BCUT2D eigenvalue weighted by Gasteiger charge is -2.15. The van der Waals surface area contributed by atoms with E-state index in [1.54, 1.807) is 51.1 Å². The molecule has 2 aromatic carbocycles. The molecule has 0 bridgehead atoms. The fraction of sp³-hybridized carbons (Fsp3) is 0.222. The summed E-state index contributed by atoms with van der Waals surface area (Å²) in [4.78, 5) is 38.5. The number of thiazole rings is 1. The highest BCUT2D eigenvalue weighted by atomic mass is 35.5. The second-order valence-electron chi connectivity index (χ2n) is 9.22. The standard InChI is InChI=1S/C27H22ClF2N3O3S/c1-27(2,3)25(35)36-14-21-33-23(24(37-21)19-10-11-31-26(28)32-19)16-7-4-6-15(12-16)13-20(34)22-17(29)8-5-9-18(22)30/h4-12H,13-14H2,1-3H3. The average molecular weight is 542 g/mol. The van der Waals surface area contributed by atoms with E-state index in [1.165, 1.54) is 23.6 Å². The molecule has 4 aromatic rings. The van der Waals surface area contributed by atoms with Crippen LogP contribution in [0.2, 0.25) is 5.28 Å². The fourth-order valence-electron chi connectivity index (χ4n) is 3.47. The van der Waals surface area contributed by atoms with Crippen molar-refractivity contribution >= 4 is 34.7 Å². The molecule has 6 nitrogen and oxygen atoms in total. The van der Waals surface area contributed by atoms with E-state index in [0.717, 1.165) is 12.1 Å². The Balaban J connectivity index is 1.69. The first-order valence-corrected chi connectivity index (χ1v) is 12.4. The Morgan fingerprint density at radius 1 is 1.03 bits per heavy atom. The van der Waals surface area contributed by atoms with Crippen molar-refractivity contribution < 1.29 is 23.1 Å². The number of esters is 1. The first-order chi connectivity index (χ1) is 17.5. The molecule has 190 valence electrons. The van der Waals surface area contributed by atoms with Crippen molar-refractivity contribution in [3.8, 4) is 21.8 Å². The first kappa shape index (κ1) is 26.5. The van der Waals surface area contributed by atoms with Crippen molar-refractivity contribution in [2.45, 2.75) is 33.8 Å². The van der Waals surface area contributed by atoms with Crippen molar-refractivity contribution in [2.24, 2.45) is 5.41 Å². The van der Waals surface area contributed by atoms with Gasteiger partial charge in [0.05, 0.1) is 27.2 Å². The molecule has 0 spiro atoms. The lowest BCUT2D eigenvalue weighted by atomic mass is 9.97. The second-order valence-corrected chi connectivity index (χ2v) is 10.6. The Bertz CT molecular complexity index is 1460. The third-order valence-corrected chi connectivity index (χ3v) is 6.51. The molecule has 0 saturated carbocycles. The molecule has 4 rings (SSSR count). The molecule has 0 aliphatic rings. The number of hydrogen-bond acceptors (Lipinski definition) is 7. The van der Waals surface area contributed by atoms with Crippen molar-refractivity contribution in [1.82, 2.24) is 15.0 Å². The highest BCUT2D eigenvalue weighted by molar-refractivity contribution is 7.15. The van der Waals surface area contributed by atoms with E-state index in [9.17, 15) is 18.4 Å². The van der Waals surface area contributed by atoms with Gasteiger partial charge in [-0.05, 0) is 62.2 Å². The normalized spacial score (nSPS) is 11.4. The molecule has 0 saturated heterocycles. The Kier molecular flexibility index (Phi) is 7.75. The molecule has 0 unspecified atom stereocenters. The molecule has 0 atom stereocenters. The van der Waals surface area contributed by atoms with E-state index in [4.69, 9.17) is 16.3 Å². The van der Waals surface area contributed by atoms with Crippen molar-refractivity contribution in [2.75, 3.05) is 0 Å². The zero-order valence-electron chi connectivity index (χ0n) is 20.2. The summed E-state index contributed by atoms with van der Waals surface area (Å²) in [6.07, 6.45) is 1.31. The van der Waals surface area contributed by atoms with Crippen LogP contribution in [0.1, 0.15) is 41.7 Å². The summed E-state index contributed by atoms with van der Waals surface area (Å²) in [6.45, 7) is 5.25. The van der Waals surface area contributed by atoms with Gasteiger partial charge in [0.1, 0.15) is 23.2 Å². The van der Waals surface area contributed by atoms with Crippen LogP contribution in [0.15, 0.2) is 54.7 Å². The lowest BCUT2D eigenvalue weighted by molar-refractivity contribution is -0.154. The van der Waals surface area contributed by atoms with Gasteiger partial charge in [0.25, 0.3) is 0 Å². The van der Waals surface area contributed by atoms with Gasteiger partial charge < -0.3 is 4.74 Å². The van der Waals surface area contributed by atoms with Crippen LogP contribution < -0.4 is 0 Å². The average Bonchev–Trinajstić information content (AvgIpc) is 3.26. The van der Waals surface area contributed by atoms with E-state index in [1.807, 2.05) is 0 Å². The van der Waals surface area contributed by atoms with Crippen LogP contribution in [0.4, 0.5) is 8.78 Å². The summed E-state index contributed by atoms with van der Waals surface area (Å²) < 4.78 is 33.6. The number of ketones is 1. The summed E-state index contributed by atoms with van der Waals surface area (Å²) in [5, 5.41) is 0.594. The molecule has 0 aliphatic carbocycles. The SMILES string of the molecule is CC(C)(C)C(=O)OCc1nc(-c2cccc(CC(=O)c3c(F)cccc3F)c2)c(-c2ccnc(Cl)n2)s1. The first-order valence-electron chi connectivity index (χ1n) is 11.3.